The van der Waals surface area contributed by atoms with Crippen molar-refractivity contribution in [3.63, 3.8) is 0 Å². The zero-order valence-electron chi connectivity index (χ0n) is 19.5. The van der Waals surface area contributed by atoms with Crippen LogP contribution in [0.1, 0.15) is 35.8 Å². The lowest BCUT2D eigenvalue weighted by Crippen LogP contribution is -2.49. The molecule has 4 rings (SSSR count). The molecule has 0 bridgehead atoms. The second-order valence-electron chi connectivity index (χ2n) is 8.36. The van der Waals surface area contributed by atoms with Crippen LogP contribution < -0.4 is 11.2 Å². The van der Waals surface area contributed by atoms with Crippen molar-refractivity contribution >= 4 is 23.5 Å². The van der Waals surface area contributed by atoms with E-state index >= 15 is 0 Å². The molecular weight excluding hydrogens is 491 g/mol. The summed E-state index contributed by atoms with van der Waals surface area (Å²) >= 11 is 6.05. The van der Waals surface area contributed by atoms with Gasteiger partial charge in [-0.15, -0.1) is 0 Å². The largest absolute Gasteiger partial charge is 0.466 e. The number of rotatable bonds is 6. The molecule has 1 amide bonds. The third-order valence-corrected chi connectivity index (χ3v) is 6.14. The Bertz CT molecular complexity index is 1420. The van der Waals surface area contributed by atoms with Crippen molar-refractivity contribution in [2.24, 2.45) is 5.92 Å². The zero-order valence-corrected chi connectivity index (χ0v) is 20.3. The van der Waals surface area contributed by atoms with Crippen LogP contribution in [0.2, 0.25) is 5.02 Å². The average molecular weight is 515 g/mol. The molecule has 0 spiro atoms. The molecule has 2 heterocycles. The van der Waals surface area contributed by atoms with Crippen molar-refractivity contribution in [1.82, 2.24) is 19.2 Å². The zero-order chi connectivity index (χ0) is 25.8. The highest BCUT2D eigenvalue weighted by atomic mass is 35.5. The molecule has 11 heteroatoms. The summed E-state index contributed by atoms with van der Waals surface area (Å²) in [6.07, 6.45) is 1.07. The molecule has 188 valence electrons. The van der Waals surface area contributed by atoms with E-state index in [0.717, 1.165) is 10.6 Å². The second kappa shape index (κ2) is 10.9. The van der Waals surface area contributed by atoms with E-state index < -0.39 is 40.6 Å². The van der Waals surface area contributed by atoms with Crippen LogP contribution in [0.5, 0.6) is 0 Å². The normalized spacial score (nSPS) is 15.5. The fraction of sp³-hybridized carbons (Fsp3) is 0.320. The first-order valence-electron chi connectivity index (χ1n) is 11.5. The molecule has 0 unspecified atom stereocenters. The summed E-state index contributed by atoms with van der Waals surface area (Å²) in [5, 5.41) is 4.40. The van der Waals surface area contributed by atoms with Crippen molar-refractivity contribution in [3.8, 4) is 5.69 Å². The number of ether oxygens (including phenoxy) is 1. The van der Waals surface area contributed by atoms with Gasteiger partial charge in [0, 0.05) is 18.1 Å². The van der Waals surface area contributed by atoms with Gasteiger partial charge in [-0.3, -0.25) is 19.0 Å². The van der Waals surface area contributed by atoms with Crippen molar-refractivity contribution in [2.45, 2.75) is 26.3 Å². The van der Waals surface area contributed by atoms with Gasteiger partial charge in [0.15, 0.2) is 0 Å². The number of esters is 1. The smallest absolute Gasteiger partial charge is 0.352 e. The molecule has 1 aromatic heterocycles. The Labute approximate surface area is 210 Å². The van der Waals surface area contributed by atoms with Gasteiger partial charge >= 0.3 is 11.7 Å². The van der Waals surface area contributed by atoms with Crippen molar-refractivity contribution < 1.29 is 18.7 Å². The molecule has 0 N–H and O–H groups in total. The quantitative estimate of drug-likeness (QED) is 0.468. The van der Waals surface area contributed by atoms with Crippen molar-refractivity contribution in [1.29, 1.82) is 0 Å². The lowest BCUT2D eigenvalue weighted by atomic mass is 9.98. The van der Waals surface area contributed by atoms with Gasteiger partial charge in [-0.25, -0.2) is 9.18 Å². The minimum atomic E-state index is -0.921. The fourth-order valence-electron chi connectivity index (χ4n) is 4.15. The van der Waals surface area contributed by atoms with Gasteiger partial charge in [0.25, 0.3) is 11.5 Å². The van der Waals surface area contributed by atoms with E-state index in [2.05, 4.69) is 5.10 Å². The Morgan fingerprint density at radius 3 is 2.67 bits per heavy atom. The molecule has 36 heavy (non-hydrogen) atoms. The summed E-state index contributed by atoms with van der Waals surface area (Å²) in [5.41, 5.74) is -2.06. The Balaban J connectivity index is 1.80. The van der Waals surface area contributed by atoms with E-state index in [1.54, 1.807) is 31.2 Å². The SMILES string of the molecule is CCOC(=O)[C@@H]1CCCN(C(=O)c2nn(-c3ccccc3F)c(=O)n(Cc3cccc(Cl)c3)c2=O)C1. The second-order valence-corrected chi connectivity index (χ2v) is 8.79. The molecule has 1 atom stereocenters. The number of hydrogen-bond donors (Lipinski definition) is 0. The predicted octanol–water partition coefficient (Wildman–Crippen LogP) is 2.65. The Morgan fingerprint density at radius 1 is 1.17 bits per heavy atom. The number of amides is 1. The van der Waals surface area contributed by atoms with Gasteiger partial charge in [0.05, 0.1) is 19.1 Å². The van der Waals surface area contributed by atoms with Crippen LogP contribution >= 0.6 is 11.6 Å². The lowest BCUT2D eigenvalue weighted by molar-refractivity contribution is -0.149. The number of piperidine rings is 1. The third-order valence-electron chi connectivity index (χ3n) is 5.90. The topological polar surface area (TPSA) is 104 Å². The number of halogens is 2. The van der Waals surface area contributed by atoms with Gasteiger partial charge in [-0.1, -0.05) is 35.9 Å². The minimum absolute atomic E-state index is 0.0475. The van der Waals surface area contributed by atoms with E-state index in [1.807, 2.05) is 0 Å². The van der Waals surface area contributed by atoms with E-state index in [-0.39, 0.29) is 25.4 Å². The highest BCUT2D eigenvalue weighted by Crippen LogP contribution is 2.19. The minimum Gasteiger partial charge on any atom is -0.466 e. The summed E-state index contributed by atoms with van der Waals surface area (Å²) in [5.74, 6) is -2.45. The number of nitrogens with zero attached hydrogens (tertiary/aromatic N) is 4. The lowest BCUT2D eigenvalue weighted by Gasteiger charge is -2.31. The molecule has 1 aliphatic heterocycles. The van der Waals surface area contributed by atoms with Crippen molar-refractivity contribution in [2.75, 3.05) is 19.7 Å². The van der Waals surface area contributed by atoms with Crippen LogP contribution in [-0.2, 0) is 16.1 Å². The Kier molecular flexibility index (Phi) is 7.64. The van der Waals surface area contributed by atoms with Crippen LogP contribution in [0.15, 0.2) is 58.1 Å². The average Bonchev–Trinajstić information content (AvgIpc) is 2.87. The number of carbonyl (C=O) groups is 2. The molecule has 9 nitrogen and oxygen atoms in total. The summed E-state index contributed by atoms with van der Waals surface area (Å²) in [4.78, 5) is 53.7. The molecule has 0 saturated carbocycles. The number of carbonyl (C=O) groups excluding carboxylic acids is 2. The van der Waals surface area contributed by atoms with E-state index in [4.69, 9.17) is 16.3 Å². The standard InChI is InChI=1S/C25H24ClFN4O5/c1-2-36-24(34)17-8-6-12-29(15-17)22(32)21-23(33)30(14-16-7-5-9-18(26)13-16)25(35)31(28-21)20-11-4-3-10-19(20)27/h3-5,7,9-11,13,17H,2,6,8,12,14-15H2,1H3/t17-/m1/s1. The summed E-state index contributed by atoms with van der Waals surface area (Å²) < 4.78 is 21.2. The molecule has 3 aromatic rings. The maximum Gasteiger partial charge on any atom is 0.352 e. The number of hydrogen-bond acceptors (Lipinski definition) is 6. The van der Waals surface area contributed by atoms with Gasteiger partial charge in [0.1, 0.15) is 11.5 Å². The number of likely N-dealkylation sites (tertiary alicyclic amines) is 1. The Hall–Kier alpha value is -3.79. The first-order chi connectivity index (χ1) is 17.3. The van der Waals surface area contributed by atoms with Crippen LogP contribution in [0.4, 0.5) is 4.39 Å². The predicted molar refractivity (Wildman–Crippen MR) is 130 cm³/mol. The number of benzene rings is 2. The maximum absolute atomic E-state index is 14.6. The van der Waals surface area contributed by atoms with Gasteiger partial charge in [-0.2, -0.15) is 9.78 Å². The summed E-state index contributed by atoms with van der Waals surface area (Å²) in [7, 11) is 0. The molecule has 1 fully saturated rings. The third kappa shape index (κ3) is 5.23. The number of aromatic nitrogens is 3. The molecule has 0 radical (unpaired) electrons. The monoisotopic (exact) mass is 514 g/mol. The van der Waals surface area contributed by atoms with Gasteiger partial charge in [0.2, 0.25) is 5.69 Å². The molecule has 1 aliphatic rings. The summed E-state index contributed by atoms with van der Waals surface area (Å²) in [6.45, 7) is 2.05. The van der Waals surface area contributed by atoms with Crippen LogP contribution in [0.25, 0.3) is 5.69 Å². The van der Waals surface area contributed by atoms with E-state index in [0.29, 0.717) is 34.7 Å². The van der Waals surface area contributed by atoms with Crippen LogP contribution in [0, 0.1) is 11.7 Å². The highest BCUT2D eigenvalue weighted by molar-refractivity contribution is 6.30. The molecule has 0 aliphatic carbocycles. The first-order valence-corrected chi connectivity index (χ1v) is 11.9. The number of para-hydroxylation sites is 1. The van der Waals surface area contributed by atoms with E-state index in [1.165, 1.54) is 23.1 Å². The maximum atomic E-state index is 14.6. The van der Waals surface area contributed by atoms with Crippen molar-refractivity contribution in [3.05, 3.63) is 91.5 Å². The van der Waals surface area contributed by atoms with Crippen LogP contribution in [-0.4, -0.2) is 50.8 Å². The first kappa shape index (κ1) is 25.3. The fourth-order valence-corrected chi connectivity index (χ4v) is 4.36. The van der Waals surface area contributed by atoms with Gasteiger partial charge < -0.3 is 9.64 Å². The van der Waals surface area contributed by atoms with Crippen LogP contribution in [0.3, 0.4) is 0 Å². The summed E-state index contributed by atoms with van der Waals surface area (Å²) in [6, 6.07) is 12.0. The molecule has 1 saturated heterocycles. The molecular formula is C25H24ClFN4O5. The highest BCUT2D eigenvalue weighted by Gasteiger charge is 2.32. The molecule has 2 aromatic carbocycles. The Morgan fingerprint density at radius 2 is 1.94 bits per heavy atom. The van der Waals surface area contributed by atoms with Gasteiger partial charge in [-0.05, 0) is 49.6 Å². The van der Waals surface area contributed by atoms with E-state index in [9.17, 15) is 23.6 Å².